The van der Waals surface area contributed by atoms with Gasteiger partial charge in [0.2, 0.25) is 5.91 Å². The quantitative estimate of drug-likeness (QED) is 0.833. The largest absolute Gasteiger partial charge is 0.494 e. The number of hydrogen-bond donors (Lipinski definition) is 2. The second-order valence-electron chi connectivity index (χ2n) is 4.77. The highest BCUT2D eigenvalue weighted by Crippen LogP contribution is 2.17. The Morgan fingerprint density at radius 3 is 2.95 bits per heavy atom. The van der Waals surface area contributed by atoms with Gasteiger partial charge in [-0.15, -0.1) is 0 Å². The minimum Gasteiger partial charge on any atom is -0.494 e. The maximum atomic E-state index is 11.8. The van der Waals surface area contributed by atoms with Gasteiger partial charge in [-0.3, -0.25) is 4.79 Å². The van der Waals surface area contributed by atoms with Crippen molar-refractivity contribution in [3.05, 3.63) is 24.3 Å². The van der Waals surface area contributed by atoms with E-state index in [0.29, 0.717) is 6.61 Å². The second-order valence-corrected chi connectivity index (χ2v) is 4.77. The van der Waals surface area contributed by atoms with Gasteiger partial charge in [0, 0.05) is 11.8 Å². The summed E-state index contributed by atoms with van der Waals surface area (Å²) in [5.74, 6) is 0.627. The van der Waals surface area contributed by atoms with Crippen molar-refractivity contribution in [2.24, 2.45) is 0 Å². The van der Waals surface area contributed by atoms with E-state index in [1.807, 2.05) is 31.2 Å². The number of piperidine rings is 1. The van der Waals surface area contributed by atoms with Crippen LogP contribution in [0.2, 0.25) is 0 Å². The first-order valence-corrected chi connectivity index (χ1v) is 7.13. The van der Waals surface area contributed by atoms with E-state index in [0.717, 1.165) is 37.4 Å². The molecule has 1 heterocycles. The molecule has 5 heteroatoms. The molecule has 1 aromatic rings. The second kappa shape index (κ2) is 7.87. The number of hydrogen-bond acceptors (Lipinski definition) is 4. The molecule has 1 fully saturated rings. The van der Waals surface area contributed by atoms with Crippen LogP contribution in [0.15, 0.2) is 24.3 Å². The molecule has 2 N–H and O–H groups in total. The lowest BCUT2D eigenvalue weighted by molar-refractivity contribution is -0.123. The molecule has 20 heavy (non-hydrogen) atoms. The van der Waals surface area contributed by atoms with Crippen molar-refractivity contribution in [1.29, 1.82) is 0 Å². The number of benzene rings is 1. The van der Waals surface area contributed by atoms with Gasteiger partial charge in [-0.2, -0.15) is 0 Å². The highest BCUT2D eigenvalue weighted by Gasteiger charge is 2.14. The van der Waals surface area contributed by atoms with E-state index >= 15 is 0 Å². The number of rotatable bonds is 6. The molecule has 0 atom stereocenters. The summed E-state index contributed by atoms with van der Waals surface area (Å²) in [4.78, 5) is 11.8. The number of anilines is 1. The Bertz CT molecular complexity index is 431. The van der Waals surface area contributed by atoms with Crippen LogP contribution in [-0.4, -0.2) is 38.3 Å². The molecule has 5 nitrogen and oxygen atoms in total. The Morgan fingerprint density at radius 1 is 1.40 bits per heavy atom. The van der Waals surface area contributed by atoms with Crippen molar-refractivity contribution in [2.45, 2.75) is 25.9 Å². The number of carbonyl (C=O) groups is 1. The van der Waals surface area contributed by atoms with E-state index in [9.17, 15) is 4.79 Å². The Kier molecular flexibility index (Phi) is 5.83. The van der Waals surface area contributed by atoms with E-state index < -0.39 is 0 Å². The number of nitrogens with one attached hydrogen (secondary N) is 2. The predicted molar refractivity (Wildman–Crippen MR) is 78.1 cm³/mol. The first-order chi connectivity index (χ1) is 9.78. The van der Waals surface area contributed by atoms with E-state index in [4.69, 9.17) is 9.47 Å². The zero-order valence-corrected chi connectivity index (χ0v) is 11.9. The third-order valence-corrected chi connectivity index (χ3v) is 3.17. The van der Waals surface area contributed by atoms with Crippen LogP contribution in [0.4, 0.5) is 5.69 Å². The van der Waals surface area contributed by atoms with Gasteiger partial charge in [0.05, 0.1) is 12.7 Å². The average molecular weight is 278 g/mol. The van der Waals surface area contributed by atoms with Crippen LogP contribution in [0.5, 0.6) is 5.75 Å². The maximum Gasteiger partial charge on any atom is 0.250 e. The van der Waals surface area contributed by atoms with Crippen molar-refractivity contribution in [1.82, 2.24) is 5.32 Å². The summed E-state index contributed by atoms with van der Waals surface area (Å²) in [6.45, 7) is 4.56. The molecular formula is C15H22N2O3. The van der Waals surface area contributed by atoms with Gasteiger partial charge in [-0.1, -0.05) is 6.07 Å². The molecule has 1 aromatic carbocycles. The molecule has 0 aliphatic carbocycles. The highest BCUT2D eigenvalue weighted by molar-refractivity contribution is 5.91. The molecule has 1 aliphatic rings. The lowest BCUT2D eigenvalue weighted by Crippen LogP contribution is -2.34. The van der Waals surface area contributed by atoms with E-state index in [1.165, 1.54) is 0 Å². The SMILES string of the molecule is CCOc1cccc(NC(=O)COC2CCNCC2)c1. The monoisotopic (exact) mass is 278 g/mol. The normalized spacial score (nSPS) is 15.8. The van der Waals surface area contributed by atoms with Crippen molar-refractivity contribution >= 4 is 11.6 Å². The summed E-state index contributed by atoms with van der Waals surface area (Å²) >= 11 is 0. The van der Waals surface area contributed by atoms with Crippen LogP contribution in [-0.2, 0) is 9.53 Å². The molecule has 1 aliphatic heterocycles. The zero-order chi connectivity index (χ0) is 14.2. The van der Waals surface area contributed by atoms with Crippen molar-refractivity contribution < 1.29 is 14.3 Å². The molecular weight excluding hydrogens is 256 g/mol. The smallest absolute Gasteiger partial charge is 0.250 e. The summed E-state index contributed by atoms with van der Waals surface area (Å²) in [5, 5.41) is 6.09. The molecule has 0 unspecified atom stereocenters. The average Bonchev–Trinajstić information content (AvgIpc) is 2.47. The maximum absolute atomic E-state index is 11.8. The molecule has 0 spiro atoms. The highest BCUT2D eigenvalue weighted by atomic mass is 16.5. The van der Waals surface area contributed by atoms with Crippen LogP contribution in [0, 0.1) is 0 Å². The molecule has 0 radical (unpaired) electrons. The van der Waals surface area contributed by atoms with Crippen LogP contribution in [0.1, 0.15) is 19.8 Å². The van der Waals surface area contributed by atoms with Gasteiger partial charge in [0.1, 0.15) is 12.4 Å². The standard InChI is InChI=1S/C15H22N2O3/c1-2-19-14-5-3-4-12(10-14)17-15(18)11-20-13-6-8-16-9-7-13/h3-5,10,13,16H,2,6-9,11H2,1H3,(H,17,18). The fraction of sp³-hybridized carbons (Fsp3) is 0.533. The third-order valence-electron chi connectivity index (χ3n) is 3.17. The van der Waals surface area contributed by atoms with Crippen LogP contribution in [0.25, 0.3) is 0 Å². The molecule has 1 saturated heterocycles. The summed E-state index contributed by atoms with van der Waals surface area (Å²) in [6.07, 6.45) is 2.12. The fourth-order valence-corrected chi connectivity index (χ4v) is 2.18. The van der Waals surface area contributed by atoms with Crippen LogP contribution in [0.3, 0.4) is 0 Å². The summed E-state index contributed by atoms with van der Waals surface area (Å²) < 4.78 is 11.0. The van der Waals surface area contributed by atoms with Crippen molar-refractivity contribution in [2.75, 3.05) is 31.6 Å². The van der Waals surface area contributed by atoms with Gasteiger partial charge in [0.25, 0.3) is 0 Å². The predicted octanol–water partition coefficient (Wildman–Crippen LogP) is 1.79. The Balaban J connectivity index is 1.77. The Labute approximate surface area is 119 Å². The van der Waals surface area contributed by atoms with Gasteiger partial charge in [0.15, 0.2) is 0 Å². The summed E-state index contributed by atoms with van der Waals surface area (Å²) in [6, 6.07) is 7.37. The number of amides is 1. The molecule has 110 valence electrons. The lowest BCUT2D eigenvalue weighted by Gasteiger charge is -2.22. The molecule has 0 aromatic heterocycles. The first kappa shape index (κ1) is 14.8. The minimum atomic E-state index is -0.128. The minimum absolute atomic E-state index is 0.101. The van der Waals surface area contributed by atoms with Crippen LogP contribution < -0.4 is 15.4 Å². The first-order valence-electron chi connectivity index (χ1n) is 7.13. The zero-order valence-electron chi connectivity index (χ0n) is 11.9. The number of carbonyl (C=O) groups excluding carboxylic acids is 1. The lowest BCUT2D eigenvalue weighted by atomic mass is 10.1. The fourth-order valence-electron chi connectivity index (χ4n) is 2.18. The van der Waals surface area contributed by atoms with Gasteiger partial charge >= 0.3 is 0 Å². The van der Waals surface area contributed by atoms with Gasteiger partial charge in [-0.05, 0) is 45.0 Å². The van der Waals surface area contributed by atoms with Crippen molar-refractivity contribution in [3.8, 4) is 5.75 Å². The summed E-state index contributed by atoms with van der Waals surface area (Å²) in [7, 11) is 0. The van der Waals surface area contributed by atoms with E-state index in [1.54, 1.807) is 0 Å². The van der Waals surface area contributed by atoms with Gasteiger partial charge < -0.3 is 20.1 Å². The molecule has 0 bridgehead atoms. The Hall–Kier alpha value is -1.59. The van der Waals surface area contributed by atoms with Crippen LogP contribution >= 0.6 is 0 Å². The molecule has 1 amide bonds. The van der Waals surface area contributed by atoms with Gasteiger partial charge in [-0.25, -0.2) is 0 Å². The summed E-state index contributed by atoms with van der Waals surface area (Å²) in [5.41, 5.74) is 0.731. The van der Waals surface area contributed by atoms with E-state index in [-0.39, 0.29) is 18.6 Å². The van der Waals surface area contributed by atoms with E-state index in [2.05, 4.69) is 10.6 Å². The van der Waals surface area contributed by atoms with Crippen molar-refractivity contribution in [3.63, 3.8) is 0 Å². The molecule has 2 rings (SSSR count). The topological polar surface area (TPSA) is 59.6 Å². The third kappa shape index (κ3) is 4.83. The number of ether oxygens (including phenoxy) is 2. The molecule has 0 saturated carbocycles. The Morgan fingerprint density at radius 2 is 2.20 bits per heavy atom.